The van der Waals surface area contributed by atoms with Crippen LogP contribution in [-0.4, -0.2) is 11.7 Å². The lowest BCUT2D eigenvalue weighted by Crippen LogP contribution is -2.63. The molecule has 0 aliphatic carbocycles. The van der Waals surface area contributed by atoms with Crippen LogP contribution in [-0.2, 0) is 0 Å². The zero-order valence-corrected chi connectivity index (χ0v) is 11.8. The maximum Gasteiger partial charge on any atom is 0.292 e. The van der Waals surface area contributed by atoms with Crippen molar-refractivity contribution < 1.29 is 0 Å². The van der Waals surface area contributed by atoms with Gasteiger partial charge in [-0.1, -0.05) is 30.8 Å². The van der Waals surface area contributed by atoms with Gasteiger partial charge in [-0.2, -0.15) is 10.4 Å². The minimum Gasteiger partial charge on any atom is -0.343 e. The monoisotopic (exact) mass is 272 g/mol. The zero-order chi connectivity index (χ0) is 14.0. The van der Waals surface area contributed by atoms with Gasteiger partial charge in [0.15, 0.2) is 5.69 Å². The molecule has 0 aliphatic heterocycles. The first kappa shape index (κ1) is 13.7. The average molecular weight is 272 g/mol. The molecule has 2 aromatic carbocycles. The first-order chi connectivity index (χ1) is 8.93. The molecule has 1 atom stereocenters. The van der Waals surface area contributed by atoms with E-state index < -0.39 is 0 Å². The third-order valence-electron chi connectivity index (χ3n) is 3.11. The number of hydrogen-bond acceptors (Lipinski definition) is 2. The van der Waals surface area contributed by atoms with Crippen LogP contribution in [0.25, 0.3) is 10.8 Å². The molecule has 3 nitrogen and oxygen atoms in total. The first-order valence-electron chi connectivity index (χ1n) is 6.04. The van der Waals surface area contributed by atoms with Crippen molar-refractivity contribution in [2.75, 3.05) is 6.54 Å². The molecule has 4 heteroatoms. The number of thiocarbonyl (C=S) groups is 1. The highest BCUT2D eigenvalue weighted by atomic mass is 32.1. The van der Waals surface area contributed by atoms with Crippen LogP contribution in [0.15, 0.2) is 54.6 Å². The van der Waals surface area contributed by atoms with Gasteiger partial charge >= 0.3 is 0 Å². The van der Waals surface area contributed by atoms with Crippen LogP contribution in [0.5, 0.6) is 0 Å². The molecule has 19 heavy (non-hydrogen) atoms. The largest absolute Gasteiger partial charge is 0.343 e. The number of fused-ring (bicyclic) bond motifs is 1. The molecule has 0 saturated heterocycles. The molecule has 0 amide bonds. The van der Waals surface area contributed by atoms with E-state index in [0.717, 1.165) is 22.0 Å². The van der Waals surface area contributed by atoms with E-state index in [9.17, 15) is 0 Å². The van der Waals surface area contributed by atoms with Crippen LogP contribution >= 0.6 is 12.2 Å². The molecule has 0 spiro atoms. The van der Waals surface area contributed by atoms with Crippen molar-refractivity contribution in [3.8, 4) is 0 Å². The van der Waals surface area contributed by atoms with Gasteiger partial charge in [-0.3, -0.25) is 0 Å². The lowest BCUT2D eigenvalue weighted by Gasteiger charge is -2.30. The highest BCUT2D eigenvalue weighted by Gasteiger charge is 2.31. The van der Waals surface area contributed by atoms with E-state index in [1.165, 1.54) is 0 Å². The molecule has 0 aromatic heterocycles. The van der Waals surface area contributed by atoms with Gasteiger partial charge in [-0.15, -0.1) is 0 Å². The average Bonchev–Trinajstić information content (AvgIpc) is 2.37. The lowest BCUT2D eigenvalue weighted by molar-refractivity contribution is 0.466. The summed E-state index contributed by atoms with van der Waals surface area (Å²) in [5.41, 5.74) is 7.64. The SMILES string of the molecule is C=C(C)C[N+](N)(C(N)=S)c1ccc2ccccc2c1. The second-order valence-electron chi connectivity index (χ2n) is 4.85. The van der Waals surface area contributed by atoms with E-state index in [1.807, 2.05) is 43.3 Å². The van der Waals surface area contributed by atoms with Crippen molar-refractivity contribution in [2.24, 2.45) is 11.6 Å². The number of hydrogen-bond donors (Lipinski definition) is 2. The Balaban J connectivity index is 2.56. The number of benzene rings is 2. The fourth-order valence-corrected chi connectivity index (χ4v) is 2.32. The summed E-state index contributed by atoms with van der Waals surface area (Å²) in [4.78, 5) is 0. The normalized spacial score (nSPS) is 14.0. The van der Waals surface area contributed by atoms with Gasteiger partial charge < -0.3 is 5.73 Å². The molecule has 98 valence electrons. The summed E-state index contributed by atoms with van der Waals surface area (Å²) in [5, 5.41) is 2.51. The Hall–Kier alpha value is -1.75. The Bertz CT molecular complexity index is 651. The molecule has 2 rings (SSSR count). The molecule has 0 heterocycles. The van der Waals surface area contributed by atoms with Gasteiger partial charge in [0, 0.05) is 24.4 Å². The summed E-state index contributed by atoms with van der Waals surface area (Å²) >= 11 is 5.14. The third kappa shape index (κ3) is 2.66. The second kappa shape index (κ2) is 5.09. The summed E-state index contributed by atoms with van der Waals surface area (Å²) in [6.45, 7) is 6.31. The van der Waals surface area contributed by atoms with Crippen LogP contribution in [0.1, 0.15) is 6.92 Å². The van der Waals surface area contributed by atoms with Gasteiger partial charge in [0.2, 0.25) is 0 Å². The Morgan fingerprint density at radius 2 is 1.84 bits per heavy atom. The van der Waals surface area contributed by atoms with E-state index >= 15 is 0 Å². The molecule has 2 aromatic rings. The van der Waals surface area contributed by atoms with Crippen LogP contribution in [0.4, 0.5) is 5.69 Å². The topological polar surface area (TPSA) is 52.0 Å². The Morgan fingerprint density at radius 3 is 2.42 bits per heavy atom. The fourth-order valence-electron chi connectivity index (χ4n) is 2.15. The Kier molecular flexibility index (Phi) is 3.66. The summed E-state index contributed by atoms with van der Waals surface area (Å²) in [6, 6.07) is 14.1. The van der Waals surface area contributed by atoms with Crippen molar-refractivity contribution in [2.45, 2.75) is 6.92 Å². The van der Waals surface area contributed by atoms with Crippen LogP contribution in [0.2, 0.25) is 0 Å². The Labute approximate surface area is 118 Å². The summed E-state index contributed by atoms with van der Waals surface area (Å²) in [6.07, 6.45) is 0. The molecule has 0 radical (unpaired) electrons. The van der Waals surface area contributed by atoms with Crippen LogP contribution < -0.4 is 16.2 Å². The minimum absolute atomic E-state index is 0.0878. The van der Waals surface area contributed by atoms with Crippen LogP contribution in [0, 0.1) is 0 Å². The van der Waals surface area contributed by atoms with Crippen molar-refractivity contribution in [1.29, 1.82) is 0 Å². The predicted octanol–water partition coefficient (Wildman–Crippen LogP) is 2.84. The smallest absolute Gasteiger partial charge is 0.292 e. The number of nitrogens with two attached hydrogens (primary N) is 2. The van der Waals surface area contributed by atoms with Gasteiger partial charge in [0.1, 0.15) is 6.54 Å². The highest BCUT2D eigenvalue weighted by molar-refractivity contribution is 7.80. The van der Waals surface area contributed by atoms with Gasteiger partial charge in [0.25, 0.3) is 5.11 Å². The van der Waals surface area contributed by atoms with Crippen LogP contribution in [0.3, 0.4) is 0 Å². The van der Waals surface area contributed by atoms with Crippen molar-refractivity contribution in [3.05, 3.63) is 54.6 Å². The van der Waals surface area contributed by atoms with E-state index in [0.29, 0.717) is 6.54 Å². The third-order valence-corrected chi connectivity index (χ3v) is 3.43. The van der Waals surface area contributed by atoms with E-state index in [4.69, 9.17) is 23.8 Å². The lowest BCUT2D eigenvalue weighted by atomic mass is 10.1. The van der Waals surface area contributed by atoms with Crippen molar-refractivity contribution in [1.82, 2.24) is 4.59 Å². The number of quaternary nitrogens is 1. The maximum absolute atomic E-state index is 6.36. The molecular formula is C15H18N3S+. The number of nitrogens with zero attached hydrogens (tertiary/aromatic N) is 1. The molecule has 0 fully saturated rings. The quantitative estimate of drug-likeness (QED) is 0.297. The molecule has 0 aliphatic rings. The molecule has 1 unspecified atom stereocenters. The minimum atomic E-state index is -0.0878. The van der Waals surface area contributed by atoms with Gasteiger partial charge in [-0.25, -0.2) is 0 Å². The molecule has 0 bridgehead atoms. The first-order valence-corrected chi connectivity index (χ1v) is 6.45. The molecule has 4 N–H and O–H groups in total. The molecule has 0 saturated carbocycles. The standard InChI is InChI=1S/C15H17N3S/c1-11(2)10-18(17,15(16)19)14-8-7-12-5-3-4-6-13(12)9-14/h3-9H,1,10,17H2,2H3,(H-,16,19)/p+1. The Morgan fingerprint density at radius 1 is 1.21 bits per heavy atom. The molecular weight excluding hydrogens is 254 g/mol. The second-order valence-corrected chi connectivity index (χ2v) is 5.27. The van der Waals surface area contributed by atoms with Gasteiger partial charge in [0.05, 0.1) is 0 Å². The zero-order valence-electron chi connectivity index (χ0n) is 11.0. The summed E-state index contributed by atoms with van der Waals surface area (Å²) in [5.74, 6) is 6.36. The van der Waals surface area contributed by atoms with E-state index in [-0.39, 0.29) is 9.70 Å². The van der Waals surface area contributed by atoms with Gasteiger partial charge in [-0.05, 0) is 29.3 Å². The van der Waals surface area contributed by atoms with E-state index in [1.54, 1.807) is 0 Å². The maximum atomic E-state index is 6.36. The van der Waals surface area contributed by atoms with Crippen molar-refractivity contribution >= 4 is 33.8 Å². The van der Waals surface area contributed by atoms with Crippen molar-refractivity contribution in [3.63, 3.8) is 0 Å². The van der Waals surface area contributed by atoms with E-state index in [2.05, 4.69) is 12.6 Å². The highest BCUT2D eigenvalue weighted by Crippen LogP contribution is 2.25. The number of rotatable bonds is 3. The summed E-state index contributed by atoms with van der Waals surface area (Å²) in [7, 11) is 0. The predicted molar refractivity (Wildman–Crippen MR) is 86.4 cm³/mol. The fraction of sp³-hybridized carbons (Fsp3) is 0.133. The summed E-state index contributed by atoms with van der Waals surface area (Å²) < 4.78 is -0.0878.